The van der Waals surface area contributed by atoms with Gasteiger partial charge in [0, 0.05) is 29.9 Å². The summed E-state index contributed by atoms with van der Waals surface area (Å²) in [5.41, 5.74) is 7.34. The molecule has 0 aliphatic rings. The average molecular weight is 469 g/mol. The van der Waals surface area contributed by atoms with Crippen LogP contribution in [0.15, 0.2) is 61.1 Å². The van der Waals surface area contributed by atoms with Crippen LogP contribution in [0.5, 0.6) is 0 Å². The van der Waals surface area contributed by atoms with Crippen molar-refractivity contribution in [3.8, 4) is 0 Å². The van der Waals surface area contributed by atoms with E-state index in [0.29, 0.717) is 27.8 Å². The van der Waals surface area contributed by atoms with Gasteiger partial charge in [0.1, 0.15) is 11.6 Å². The summed E-state index contributed by atoms with van der Waals surface area (Å²) in [5, 5.41) is 0.706. The van der Waals surface area contributed by atoms with E-state index in [1.807, 2.05) is 6.07 Å². The van der Waals surface area contributed by atoms with Gasteiger partial charge >= 0.3 is 6.18 Å². The molecule has 3 aromatic heterocycles. The zero-order chi connectivity index (χ0) is 24.5. The van der Waals surface area contributed by atoms with Crippen LogP contribution in [-0.4, -0.2) is 25.8 Å². The van der Waals surface area contributed by atoms with Crippen molar-refractivity contribution in [3.05, 3.63) is 94.8 Å². The summed E-state index contributed by atoms with van der Waals surface area (Å²) in [5.74, 6) is -0.593. The number of fused-ring (bicyclic) bond motifs is 1. The van der Waals surface area contributed by atoms with Gasteiger partial charge in [0.25, 0.3) is 5.91 Å². The highest BCUT2D eigenvalue weighted by molar-refractivity contribution is 5.98. The standard InChI is InChI=1S/C24H19F4N5O/c1-14-6-17-8-16(2-5-21(17)32-22(14)29)23(34)33(12-15-7-19(25)11-30-9-15)13-20-4-3-18(10-31-20)24(26,27)28/h2-11H,12-13H2,1H3,(H2,29,32). The third-order valence-corrected chi connectivity index (χ3v) is 5.22. The number of pyridine rings is 3. The van der Waals surface area contributed by atoms with E-state index in [9.17, 15) is 22.4 Å². The Morgan fingerprint density at radius 3 is 2.50 bits per heavy atom. The predicted molar refractivity (Wildman–Crippen MR) is 118 cm³/mol. The molecule has 0 unspecified atom stereocenters. The molecule has 0 radical (unpaired) electrons. The molecule has 0 saturated heterocycles. The van der Waals surface area contributed by atoms with Gasteiger partial charge in [0.2, 0.25) is 0 Å². The van der Waals surface area contributed by atoms with Gasteiger partial charge in [-0.1, -0.05) is 0 Å². The van der Waals surface area contributed by atoms with Crippen molar-refractivity contribution in [3.63, 3.8) is 0 Å². The van der Waals surface area contributed by atoms with Crippen LogP contribution in [0.2, 0.25) is 0 Å². The molecule has 4 rings (SSSR count). The molecule has 0 spiro atoms. The quantitative estimate of drug-likeness (QED) is 0.420. The zero-order valence-electron chi connectivity index (χ0n) is 18.0. The second kappa shape index (κ2) is 9.05. The number of carbonyl (C=O) groups is 1. The molecule has 4 aromatic rings. The molecular formula is C24H19F4N5O. The van der Waals surface area contributed by atoms with Crippen molar-refractivity contribution in [1.82, 2.24) is 19.9 Å². The third-order valence-electron chi connectivity index (χ3n) is 5.22. The second-order valence-corrected chi connectivity index (χ2v) is 7.81. The molecule has 174 valence electrons. The number of anilines is 1. The minimum absolute atomic E-state index is 0.0245. The van der Waals surface area contributed by atoms with Gasteiger partial charge in [0.05, 0.1) is 29.5 Å². The molecular weight excluding hydrogens is 450 g/mol. The molecule has 0 saturated carbocycles. The lowest BCUT2D eigenvalue weighted by molar-refractivity contribution is -0.137. The molecule has 2 N–H and O–H groups in total. The first-order valence-corrected chi connectivity index (χ1v) is 10.2. The van der Waals surface area contributed by atoms with Crippen molar-refractivity contribution in [2.24, 2.45) is 0 Å². The monoisotopic (exact) mass is 469 g/mol. The van der Waals surface area contributed by atoms with E-state index >= 15 is 0 Å². The first kappa shape index (κ1) is 23.1. The summed E-state index contributed by atoms with van der Waals surface area (Å²) >= 11 is 0. The van der Waals surface area contributed by atoms with Crippen molar-refractivity contribution in [2.75, 3.05) is 5.73 Å². The van der Waals surface area contributed by atoms with Gasteiger partial charge in [-0.05, 0) is 60.5 Å². The van der Waals surface area contributed by atoms with Crippen molar-refractivity contribution < 1.29 is 22.4 Å². The maximum Gasteiger partial charge on any atom is 0.417 e. The summed E-state index contributed by atoms with van der Waals surface area (Å²) in [6.45, 7) is 1.68. The van der Waals surface area contributed by atoms with Gasteiger partial charge in [-0.2, -0.15) is 13.2 Å². The van der Waals surface area contributed by atoms with Crippen LogP contribution in [0.25, 0.3) is 10.9 Å². The molecule has 0 atom stereocenters. The van der Waals surface area contributed by atoms with Crippen LogP contribution in [0.1, 0.15) is 32.7 Å². The number of nitrogens with zero attached hydrogens (tertiary/aromatic N) is 4. The summed E-state index contributed by atoms with van der Waals surface area (Å²) in [6.07, 6.45) is -1.34. The molecule has 0 aliphatic carbocycles. The molecule has 1 amide bonds. The van der Waals surface area contributed by atoms with E-state index < -0.39 is 23.5 Å². The van der Waals surface area contributed by atoms with Gasteiger partial charge in [0.15, 0.2) is 0 Å². The molecule has 3 heterocycles. The number of aryl methyl sites for hydroxylation is 1. The number of hydrogen-bond acceptors (Lipinski definition) is 5. The SMILES string of the molecule is Cc1cc2cc(C(=O)N(Cc3cncc(F)c3)Cc3ccc(C(F)(F)F)cn3)ccc2nc1N. The summed E-state index contributed by atoms with van der Waals surface area (Å²) in [7, 11) is 0. The highest BCUT2D eigenvalue weighted by Crippen LogP contribution is 2.28. The lowest BCUT2D eigenvalue weighted by Crippen LogP contribution is -2.30. The van der Waals surface area contributed by atoms with E-state index in [-0.39, 0.29) is 18.8 Å². The largest absolute Gasteiger partial charge is 0.417 e. The smallest absolute Gasteiger partial charge is 0.383 e. The fourth-order valence-corrected chi connectivity index (χ4v) is 3.46. The van der Waals surface area contributed by atoms with Crippen molar-refractivity contribution >= 4 is 22.6 Å². The summed E-state index contributed by atoms with van der Waals surface area (Å²) in [6, 6.07) is 10.1. The number of rotatable bonds is 5. The molecule has 34 heavy (non-hydrogen) atoms. The fourth-order valence-electron chi connectivity index (χ4n) is 3.46. The van der Waals surface area contributed by atoms with Gasteiger partial charge in [-0.25, -0.2) is 9.37 Å². The van der Waals surface area contributed by atoms with Crippen molar-refractivity contribution in [1.29, 1.82) is 0 Å². The Morgan fingerprint density at radius 2 is 1.82 bits per heavy atom. The Morgan fingerprint density at radius 1 is 1.03 bits per heavy atom. The van der Waals surface area contributed by atoms with Gasteiger partial charge in [-0.15, -0.1) is 0 Å². The number of carbonyl (C=O) groups excluding carboxylic acids is 1. The van der Waals surface area contributed by atoms with Crippen LogP contribution in [-0.2, 0) is 19.3 Å². The van der Waals surface area contributed by atoms with E-state index in [2.05, 4.69) is 15.0 Å². The summed E-state index contributed by atoms with van der Waals surface area (Å²) < 4.78 is 52.3. The van der Waals surface area contributed by atoms with Crippen LogP contribution in [0.3, 0.4) is 0 Å². The first-order valence-electron chi connectivity index (χ1n) is 10.2. The fraction of sp³-hybridized carbons (Fsp3) is 0.167. The third kappa shape index (κ3) is 5.11. The minimum atomic E-state index is -4.52. The van der Waals surface area contributed by atoms with E-state index in [1.165, 1.54) is 23.2 Å². The topological polar surface area (TPSA) is 85.0 Å². The zero-order valence-corrected chi connectivity index (χ0v) is 18.0. The highest BCUT2D eigenvalue weighted by Gasteiger charge is 2.30. The number of aromatic nitrogens is 3. The van der Waals surface area contributed by atoms with E-state index in [1.54, 1.807) is 25.1 Å². The predicted octanol–water partition coefficient (Wildman–Crippen LogP) is 4.92. The number of hydrogen-bond donors (Lipinski definition) is 1. The number of benzene rings is 1. The van der Waals surface area contributed by atoms with Crippen molar-refractivity contribution in [2.45, 2.75) is 26.2 Å². The first-order chi connectivity index (χ1) is 16.1. The molecule has 0 aliphatic heterocycles. The maximum absolute atomic E-state index is 13.7. The van der Waals surface area contributed by atoms with Crippen LogP contribution < -0.4 is 5.73 Å². The second-order valence-electron chi connectivity index (χ2n) is 7.81. The molecule has 0 bridgehead atoms. The molecule has 0 fully saturated rings. The van der Waals surface area contributed by atoms with Gasteiger partial charge < -0.3 is 10.6 Å². The number of halogens is 4. The van der Waals surface area contributed by atoms with Crippen LogP contribution in [0.4, 0.5) is 23.4 Å². The Labute approximate surface area is 192 Å². The lowest BCUT2D eigenvalue weighted by atomic mass is 10.1. The normalized spacial score (nSPS) is 11.6. The Hall–Kier alpha value is -4.08. The number of nitrogens with two attached hydrogens (primary N) is 1. The van der Waals surface area contributed by atoms with Gasteiger partial charge in [-0.3, -0.25) is 14.8 Å². The Kier molecular flexibility index (Phi) is 6.14. The number of alkyl halides is 3. The molecule has 10 heteroatoms. The average Bonchev–Trinajstić information content (AvgIpc) is 2.78. The van der Waals surface area contributed by atoms with Crippen LogP contribution >= 0.6 is 0 Å². The van der Waals surface area contributed by atoms with Crippen LogP contribution in [0, 0.1) is 12.7 Å². The molecule has 1 aromatic carbocycles. The number of nitrogen functional groups attached to an aromatic ring is 1. The van der Waals surface area contributed by atoms with E-state index in [0.717, 1.165) is 24.0 Å². The van der Waals surface area contributed by atoms with E-state index in [4.69, 9.17) is 5.73 Å². The Balaban J connectivity index is 1.67. The lowest BCUT2D eigenvalue weighted by Gasteiger charge is -2.23. The molecule has 6 nitrogen and oxygen atoms in total. The summed E-state index contributed by atoms with van der Waals surface area (Å²) in [4.78, 5) is 26.7. The number of amides is 1. The highest BCUT2D eigenvalue weighted by atomic mass is 19.4. The maximum atomic E-state index is 13.7. The Bertz CT molecular complexity index is 1360. The minimum Gasteiger partial charge on any atom is -0.383 e.